The van der Waals surface area contributed by atoms with Crippen LogP contribution in [0.3, 0.4) is 0 Å². The fourth-order valence-electron chi connectivity index (χ4n) is 3.16. The van der Waals surface area contributed by atoms with Crippen molar-refractivity contribution >= 4 is 36.0 Å². The second kappa shape index (κ2) is 9.29. The van der Waals surface area contributed by atoms with E-state index in [1.54, 1.807) is 18.5 Å². The van der Waals surface area contributed by atoms with Gasteiger partial charge < -0.3 is 34.8 Å². The minimum absolute atomic E-state index is 0.0923. The van der Waals surface area contributed by atoms with Gasteiger partial charge in [0.25, 0.3) is 0 Å². The Labute approximate surface area is 185 Å². The van der Waals surface area contributed by atoms with E-state index in [1.807, 2.05) is 0 Å². The van der Waals surface area contributed by atoms with E-state index in [4.69, 9.17) is 30.9 Å². The van der Waals surface area contributed by atoms with Crippen LogP contribution in [0.2, 0.25) is 5.28 Å². The molecule has 14 nitrogen and oxygen atoms in total. The van der Waals surface area contributed by atoms with Crippen LogP contribution in [-0.2, 0) is 20.6 Å². The molecular weight excluding hydrogens is 469 g/mol. The number of aliphatic hydroxyl groups excluding tert-OH is 2. The third kappa shape index (κ3) is 5.03. The molecule has 0 saturated carbocycles. The molecule has 0 spiro atoms. The maximum atomic E-state index is 10.9. The monoisotopic (exact) mass is 487 g/mol. The number of halogens is 1. The summed E-state index contributed by atoms with van der Waals surface area (Å²) in [6.07, 6.45) is -1.18. The van der Waals surface area contributed by atoms with Gasteiger partial charge in [0, 0.05) is 12.4 Å². The quantitative estimate of drug-likeness (QED) is 0.204. The van der Waals surface area contributed by atoms with Gasteiger partial charge in [0.2, 0.25) is 5.28 Å². The van der Waals surface area contributed by atoms with Crippen molar-refractivity contribution in [3.63, 3.8) is 0 Å². The first-order valence-electron chi connectivity index (χ1n) is 9.27. The summed E-state index contributed by atoms with van der Waals surface area (Å²) in [5, 5.41) is 28.4. The van der Waals surface area contributed by atoms with Gasteiger partial charge in [0.1, 0.15) is 36.3 Å². The average molecular weight is 488 g/mol. The summed E-state index contributed by atoms with van der Waals surface area (Å²) >= 11 is 6.06. The molecule has 1 saturated heterocycles. The summed E-state index contributed by atoms with van der Waals surface area (Å²) in [5.74, 6) is 0.881. The standard InChI is InChI=1S/C16H19ClN7O7P/c17-16-22-13(20-5-10-18-2-1-3-19-10)8-4-21-24(14(8)23-16)15-12(26)11(25)9(31-15)6-30-7-32(27,28)29/h1-4,9,11-12,15,25-26H,5-7H2,(H,20,22,23)(H2,27,28,29)/t9-,11-,12-,15-/m1/s1. The predicted octanol–water partition coefficient (Wildman–Crippen LogP) is -0.347. The van der Waals surface area contributed by atoms with Crippen molar-refractivity contribution in [3.8, 4) is 0 Å². The number of nitrogens with zero attached hydrogens (tertiary/aromatic N) is 6. The Bertz CT molecular complexity index is 1130. The molecule has 4 heterocycles. The van der Waals surface area contributed by atoms with Gasteiger partial charge in [-0.1, -0.05) is 0 Å². The fraction of sp³-hybridized carbons (Fsp3) is 0.438. The van der Waals surface area contributed by atoms with Crippen LogP contribution in [0.1, 0.15) is 12.1 Å². The molecule has 32 heavy (non-hydrogen) atoms. The van der Waals surface area contributed by atoms with Gasteiger partial charge in [0.15, 0.2) is 11.9 Å². The Balaban J connectivity index is 1.54. The van der Waals surface area contributed by atoms with Crippen molar-refractivity contribution in [3.05, 3.63) is 35.8 Å². The van der Waals surface area contributed by atoms with E-state index in [0.29, 0.717) is 17.0 Å². The Hall–Kier alpha value is -2.29. The molecule has 1 aliphatic heterocycles. The van der Waals surface area contributed by atoms with Crippen LogP contribution in [0.15, 0.2) is 24.7 Å². The van der Waals surface area contributed by atoms with Gasteiger partial charge >= 0.3 is 7.60 Å². The van der Waals surface area contributed by atoms with Crippen molar-refractivity contribution in [2.75, 3.05) is 18.3 Å². The summed E-state index contributed by atoms with van der Waals surface area (Å²) in [7, 11) is -4.38. The van der Waals surface area contributed by atoms with E-state index in [1.165, 1.54) is 10.9 Å². The number of ether oxygens (including phenoxy) is 2. The van der Waals surface area contributed by atoms with Crippen LogP contribution in [-0.4, -0.2) is 81.0 Å². The summed E-state index contributed by atoms with van der Waals surface area (Å²) in [4.78, 5) is 34.3. The molecule has 0 unspecified atom stereocenters. The minimum Gasteiger partial charge on any atom is -0.387 e. The van der Waals surface area contributed by atoms with Gasteiger partial charge in [-0.05, 0) is 17.7 Å². The summed E-state index contributed by atoms with van der Waals surface area (Å²) in [5.41, 5.74) is 0.231. The van der Waals surface area contributed by atoms with Gasteiger partial charge in [0.05, 0.1) is 24.7 Å². The second-order valence-corrected chi connectivity index (χ2v) is 8.82. The topological polar surface area (TPSA) is 198 Å². The van der Waals surface area contributed by atoms with Crippen molar-refractivity contribution < 1.29 is 34.0 Å². The molecular formula is C16H19ClN7O7P. The second-order valence-electron chi connectivity index (χ2n) is 6.90. The third-order valence-electron chi connectivity index (χ3n) is 4.58. The Morgan fingerprint density at radius 3 is 2.69 bits per heavy atom. The molecule has 5 N–H and O–H groups in total. The predicted molar refractivity (Wildman–Crippen MR) is 108 cm³/mol. The molecule has 16 heteroatoms. The minimum atomic E-state index is -4.38. The summed E-state index contributed by atoms with van der Waals surface area (Å²) < 4.78 is 22.7. The lowest BCUT2D eigenvalue weighted by Crippen LogP contribution is -2.34. The van der Waals surface area contributed by atoms with Crippen LogP contribution < -0.4 is 5.32 Å². The summed E-state index contributed by atoms with van der Waals surface area (Å²) in [6.45, 7) is -0.0899. The SMILES string of the molecule is O=P(O)(O)COC[C@H]1O[C@@H](n2ncc3c(NCc4ncccn4)nc(Cl)nc32)[C@H](O)[C@@H]1O. The van der Waals surface area contributed by atoms with Crippen molar-refractivity contribution in [2.45, 2.75) is 31.1 Å². The number of anilines is 1. The first-order chi connectivity index (χ1) is 15.2. The fourth-order valence-corrected chi connectivity index (χ4v) is 3.67. The maximum Gasteiger partial charge on any atom is 0.350 e. The van der Waals surface area contributed by atoms with E-state index in [0.717, 1.165) is 0 Å². The van der Waals surface area contributed by atoms with Crippen LogP contribution >= 0.6 is 19.2 Å². The highest BCUT2D eigenvalue weighted by Gasteiger charge is 2.45. The molecule has 0 amide bonds. The van der Waals surface area contributed by atoms with Gasteiger partial charge in [-0.25, -0.2) is 14.6 Å². The lowest BCUT2D eigenvalue weighted by atomic mass is 10.1. The van der Waals surface area contributed by atoms with Crippen LogP contribution in [0, 0.1) is 0 Å². The zero-order valence-electron chi connectivity index (χ0n) is 16.3. The molecule has 0 radical (unpaired) electrons. The number of nitrogens with one attached hydrogen (secondary N) is 1. The molecule has 0 aromatic carbocycles. The first kappa shape index (κ1) is 22.9. The lowest BCUT2D eigenvalue weighted by Gasteiger charge is -2.16. The Kier molecular flexibility index (Phi) is 6.65. The normalized spacial score (nSPS) is 23.7. The number of hydrogen-bond acceptors (Lipinski definition) is 11. The number of hydrogen-bond donors (Lipinski definition) is 5. The zero-order valence-corrected chi connectivity index (χ0v) is 17.9. The number of aliphatic hydroxyl groups is 2. The van der Waals surface area contributed by atoms with Crippen molar-refractivity contribution in [1.82, 2.24) is 29.7 Å². The van der Waals surface area contributed by atoms with Crippen molar-refractivity contribution in [2.24, 2.45) is 0 Å². The summed E-state index contributed by atoms with van der Waals surface area (Å²) in [6, 6.07) is 1.69. The molecule has 4 rings (SSSR count). The molecule has 3 aromatic rings. The van der Waals surface area contributed by atoms with Crippen LogP contribution in [0.5, 0.6) is 0 Å². The first-order valence-corrected chi connectivity index (χ1v) is 11.4. The van der Waals surface area contributed by atoms with Gasteiger partial charge in [-0.15, -0.1) is 0 Å². The molecule has 0 bridgehead atoms. The number of aromatic nitrogens is 6. The highest BCUT2D eigenvalue weighted by molar-refractivity contribution is 7.51. The van der Waals surface area contributed by atoms with Gasteiger partial charge in [-0.3, -0.25) is 4.57 Å². The highest BCUT2D eigenvalue weighted by Crippen LogP contribution is 2.36. The van der Waals surface area contributed by atoms with Crippen LogP contribution in [0.25, 0.3) is 11.0 Å². The van der Waals surface area contributed by atoms with Crippen molar-refractivity contribution in [1.29, 1.82) is 0 Å². The molecule has 0 aliphatic carbocycles. The smallest absolute Gasteiger partial charge is 0.350 e. The maximum absolute atomic E-state index is 10.9. The number of rotatable bonds is 8. The number of fused-ring (bicyclic) bond motifs is 1. The molecule has 4 atom stereocenters. The van der Waals surface area contributed by atoms with E-state index in [-0.39, 0.29) is 24.1 Å². The Morgan fingerprint density at radius 1 is 1.22 bits per heavy atom. The molecule has 1 aliphatic rings. The van der Waals surface area contributed by atoms with E-state index in [2.05, 4.69) is 30.4 Å². The largest absolute Gasteiger partial charge is 0.387 e. The van der Waals surface area contributed by atoms with Crippen LogP contribution in [0.4, 0.5) is 5.82 Å². The zero-order chi connectivity index (χ0) is 22.9. The third-order valence-corrected chi connectivity index (χ3v) is 5.27. The Morgan fingerprint density at radius 2 is 1.97 bits per heavy atom. The molecule has 3 aromatic heterocycles. The van der Waals surface area contributed by atoms with E-state index < -0.39 is 38.5 Å². The van der Waals surface area contributed by atoms with Gasteiger partial charge in [-0.2, -0.15) is 15.1 Å². The lowest BCUT2D eigenvalue weighted by molar-refractivity contribution is -0.0658. The highest BCUT2D eigenvalue weighted by atomic mass is 35.5. The van der Waals surface area contributed by atoms with E-state index >= 15 is 0 Å². The molecule has 1 fully saturated rings. The molecule has 172 valence electrons. The average Bonchev–Trinajstić information content (AvgIpc) is 3.28. The van der Waals surface area contributed by atoms with E-state index in [9.17, 15) is 14.8 Å².